The molecule has 0 saturated carbocycles. The number of hydrogen-bond acceptors (Lipinski definition) is 3. The Morgan fingerprint density at radius 1 is 0.760 bits per heavy atom. The van der Waals surface area contributed by atoms with Crippen LogP contribution in [-0.2, 0) is 12.8 Å². The van der Waals surface area contributed by atoms with Gasteiger partial charge in [0.1, 0.15) is 11.5 Å². The Morgan fingerprint density at radius 3 is 1.80 bits per heavy atom. The first-order chi connectivity index (χ1) is 12.3. The average Bonchev–Trinajstić information content (AvgIpc) is 2.66. The van der Waals surface area contributed by atoms with Gasteiger partial charge in [-0.1, -0.05) is 12.2 Å². The van der Waals surface area contributed by atoms with Gasteiger partial charge in [0, 0.05) is 24.8 Å². The molecule has 2 aromatic rings. The molecular weight excluding hydrogens is 310 g/mol. The molecule has 0 aromatic heterocycles. The fraction of sp³-hybridized carbons (Fsp3) is 0.364. The molecule has 2 aromatic carbocycles. The monoisotopic (exact) mass is 335 g/mol. The molecule has 0 aliphatic carbocycles. The van der Waals surface area contributed by atoms with E-state index in [2.05, 4.69) is 29.2 Å². The van der Waals surface area contributed by atoms with Crippen LogP contribution in [0.5, 0.6) is 11.5 Å². The van der Waals surface area contributed by atoms with Crippen LogP contribution in [0.1, 0.15) is 35.1 Å². The number of methoxy groups -OCH3 is 2. The molecule has 0 unspecified atom stereocenters. The van der Waals surface area contributed by atoms with Crippen LogP contribution in [0.4, 0.5) is 5.69 Å². The Balaban J connectivity index is 1.66. The van der Waals surface area contributed by atoms with Crippen molar-refractivity contribution in [2.75, 3.05) is 32.2 Å². The third-order valence-electron chi connectivity index (χ3n) is 5.20. The van der Waals surface area contributed by atoms with Crippen LogP contribution in [0.25, 0.3) is 12.2 Å². The Morgan fingerprint density at radius 2 is 1.28 bits per heavy atom. The van der Waals surface area contributed by atoms with Crippen LogP contribution in [-0.4, -0.2) is 27.3 Å². The molecule has 0 N–H and O–H groups in total. The van der Waals surface area contributed by atoms with Gasteiger partial charge in [-0.2, -0.15) is 0 Å². The van der Waals surface area contributed by atoms with Gasteiger partial charge in [-0.3, -0.25) is 0 Å². The molecule has 3 heteroatoms. The van der Waals surface area contributed by atoms with E-state index in [9.17, 15) is 0 Å². The van der Waals surface area contributed by atoms with Crippen molar-refractivity contribution in [2.24, 2.45) is 0 Å². The lowest BCUT2D eigenvalue weighted by Gasteiger charge is -2.37. The second kappa shape index (κ2) is 6.83. The lowest BCUT2D eigenvalue weighted by molar-refractivity contribution is 0.394. The third kappa shape index (κ3) is 3.23. The third-order valence-corrected chi connectivity index (χ3v) is 5.20. The minimum atomic E-state index is 0.815. The molecule has 0 fully saturated rings. The number of hydrogen-bond donors (Lipinski definition) is 0. The van der Waals surface area contributed by atoms with Crippen molar-refractivity contribution in [1.82, 2.24) is 0 Å². The first-order valence-corrected chi connectivity index (χ1v) is 9.09. The molecule has 0 spiro atoms. The zero-order valence-corrected chi connectivity index (χ0v) is 15.0. The van der Waals surface area contributed by atoms with Gasteiger partial charge in [-0.25, -0.2) is 0 Å². The summed E-state index contributed by atoms with van der Waals surface area (Å²) < 4.78 is 10.7. The summed E-state index contributed by atoms with van der Waals surface area (Å²) in [6.07, 6.45) is 9.29. The normalized spacial score (nSPS) is 16.0. The van der Waals surface area contributed by atoms with Crippen molar-refractivity contribution in [2.45, 2.75) is 25.7 Å². The van der Waals surface area contributed by atoms with E-state index in [1.54, 1.807) is 14.2 Å². The molecule has 2 heterocycles. The van der Waals surface area contributed by atoms with Crippen LogP contribution in [0.3, 0.4) is 0 Å². The maximum absolute atomic E-state index is 5.36. The van der Waals surface area contributed by atoms with Crippen molar-refractivity contribution >= 4 is 17.8 Å². The summed E-state index contributed by atoms with van der Waals surface area (Å²) >= 11 is 0. The number of ether oxygens (including phenoxy) is 2. The van der Waals surface area contributed by atoms with Crippen LogP contribution in [0.2, 0.25) is 0 Å². The molecule has 0 atom stereocenters. The van der Waals surface area contributed by atoms with Gasteiger partial charge in [0.15, 0.2) is 0 Å². The molecular formula is C22H25NO2. The minimum Gasteiger partial charge on any atom is -0.497 e. The van der Waals surface area contributed by atoms with E-state index in [-0.39, 0.29) is 0 Å². The number of aryl methyl sites for hydroxylation is 2. The zero-order chi connectivity index (χ0) is 17.2. The van der Waals surface area contributed by atoms with Gasteiger partial charge in [-0.15, -0.1) is 0 Å². The molecule has 25 heavy (non-hydrogen) atoms. The molecule has 0 saturated heterocycles. The fourth-order valence-electron chi connectivity index (χ4n) is 4.04. The summed E-state index contributed by atoms with van der Waals surface area (Å²) in [5.41, 5.74) is 6.94. The topological polar surface area (TPSA) is 21.7 Å². The predicted octanol–water partition coefficient (Wildman–Crippen LogP) is 4.57. The summed E-state index contributed by atoms with van der Waals surface area (Å²) in [6, 6.07) is 10.7. The van der Waals surface area contributed by atoms with Crippen LogP contribution in [0.15, 0.2) is 30.3 Å². The largest absolute Gasteiger partial charge is 0.497 e. The summed E-state index contributed by atoms with van der Waals surface area (Å²) in [7, 11) is 3.37. The van der Waals surface area contributed by atoms with E-state index in [0.29, 0.717) is 0 Å². The molecule has 2 aliphatic heterocycles. The van der Waals surface area contributed by atoms with Crippen LogP contribution < -0.4 is 14.4 Å². The standard InChI is InChI=1S/C22H25NO2/c1-24-20-13-17(14-21(15-20)25-2)8-7-16-11-18-5-3-9-23-10-4-6-19(12-16)22(18)23/h7-8,11-15H,3-6,9-10H2,1-2H3. The number of nitrogens with zero attached hydrogens (tertiary/aromatic N) is 1. The quantitative estimate of drug-likeness (QED) is 0.764. The van der Waals surface area contributed by atoms with Gasteiger partial charge < -0.3 is 14.4 Å². The van der Waals surface area contributed by atoms with Crippen LogP contribution in [0, 0.1) is 0 Å². The van der Waals surface area contributed by atoms with E-state index in [1.165, 1.54) is 61.2 Å². The summed E-state index contributed by atoms with van der Waals surface area (Å²) in [6.45, 7) is 2.44. The smallest absolute Gasteiger partial charge is 0.123 e. The van der Waals surface area contributed by atoms with Gasteiger partial charge in [0.05, 0.1) is 14.2 Å². The molecule has 0 amide bonds. The van der Waals surface area contributed by atoms with Crippen molar-refractivity contribution in [3.63, 3.8) is 0 Å². The molecule has 3 nitrogen and oxygen atoms in total. The minimum absolute atomic E-state index is 0.815. The lowest BCUT2D eigenvalue weighted by atomic mass is 9.90. The van der Waals surface area contributed by atoms with Crippen molar-refractivity contribution in [3.8, 4) is 11.5 Å². The van der Waals surface area contributed by atoms with Crippen molar-refractivity contribution in [1.29, 1.82) is 0 Å². The Bertz CT molecular complexity index is 756. The first kappa shape index (κ1) is 16.1. The highest BCUT2D eigenvalue weighted by molar-refractivity contribution is 5.75. The number of rotatable bonds is 4. The highest BCUT2D eigenvalue weighted by Gasteiger charge is 2.23. The average molecular weight is 335 g/mol. The Labute approximate surface area is 149 Å². The highest BCUT2D eigenvalue weighted by atomic mass is 16.5. The Hall–Kier alpha value is -2.42. The van der Waals surface area contributed by atoms with E-state index >= 15 is 0 Å². The summed E-state index contributed by atoms with van der Waals surface area (Å²) in [5.74, 6) is 1.63. The lowest BCUT2D eigenvalue weighted by Crippen LogP contribution is -2.34. The number of benzene rings is 2. The SMILES string of the molecule is COc1cc(C=Cc2cc3c4c(c2)CCCN4CCC3)cc(OC)c1. The maximum Gasteiger partial charge on any atom is 0.123 e. The van der Waals surface area contributed by atoms with Gasteiger partial charge in [-0.05, 0) is 72.2 Å². The maximum atomic E-state index is 5.36. The summed E-state index contributed by atoms with van der Waals surface area (Å²) in [4.78, 5) is 2.58. The van der Waals surface area contributed by atoms with E-state index in [1.807, 2.05) is 18.2 Å². The van der Waals surface area contributed by atoms with E-state index in [4.69, 9.17) is 9.47 Å². The second-order valence-corrected chi connectivity index (χ2v) is 6.86. The molecule has 4 rings (SSSR count). The van der Waals surface area contributed by atoms with Crippen molar-refractivity contribution in [3.05, 3.63) is 52.6 Å². The van der Waals surface area contributed by atoms with Gasteiger partial charge in [0.2, 0.25) is 0 Å². The molecule has 0 bridgehead atoms. The second-order valence-electron chi connectivity index (χ2n) is 6.86. The molecule has 130 valence electrons. The predicted molar refractivity (Wildman–Crippen MR) is 104 cm³/mol. The van der Waals surface area contributed by atoms with Crippen molar-refractivity contribution < 1.29 is 9.47 Å². The van der Waals surface area contributed by atoms with Crippen LogP contribution >= 0.6 is 0 Å². The number of anilines is 1. The highest BCUT2D eigenvalue weighted by Crippen LogP contribution is 2.36. The van der Waals surface area contributed by atoms with Gasteiger partial charge >= 0.3 is 0 Å². The van der Waals surface area contributed by atoms with E-state index in [0.717, 1.165) is 17.1 Å². The summed E-state index contributed by atoms with van der Waals surface area (Å²) in [5, 5.41) is 0. The fourth-order valence-corrected chi connectivity index (χ4v) is 4.04. The molecule has 0 radical (unpaired) electrons. The molecule has 2 aliphatic rings. The Kier molecular flexibility index (Phi) is 4.39. The van der Waals surface area contributed by atoms with Gasteiger partial charge in [0.25, 0.3) is 0 Å². The first-order valence-electron chi connectivity index (χ1n) is 9.09. The van der Waals surface area contributed by atoms with E-state index < -0.39 is 0 Å². The zero-order valence-electron chi connectivity index (χ0n) is 15.0.